The molecule has 0 fully saturated rings. The molecule has 134 valence electrons. The highest BCUT2D eigenvalue weighted by Crippen LogP contribution is 2.21. The maximum absolute atomic E-state index is 12.2. The number of nitrogens with two attached hydrogens (primary N) is 2. The van der Waals surface area contributed by atoms with Gasteiger partial charge in [-0.25, -0.2) is 17.9 Å². The van der Waals surface area contributed by atoms with Crippen LogP contribution in [0.5, 0.6) is 0 Å². The van der Waals surface area contributed by atoms with Crippen molar-refractivity contribution in [2.45, 2.75) is 25.3 Å². The van der Waals surface area contributed by atoms with E-state index in [1.807, 2.05) is 0 Å². The van der Waals surface area contributed by atoms with Gasteiger partial charge in [0.1, 0.15) is 0 Å². The molecule has 0 radical (unpaired) electrons. The smallest absolute Gasteiger partial charge is 0.338 e. The molecule has 0 unspecified atom stereocenters. The Balaban J connectivity index is 2.27. The molecule has 0 saturated carbocycles. The van der Waals surface area contributed by atoms with Crippen molar-refractivity contribution in [2.75, 3.05) is 18.5 Å². The van der Waals surface area contributed by atoms with E-state index < -0.39 is 16.0 Å². The average Bonchev–Trinajstić information content (AvgIpc) is 2.53. The first kappa shape index (κ1) is 18.5. The Kier molecular flexibility index (Phi) is 5.18. The molecular weight excluding hydrogens is 348 g/mol. The number of nitrogens with zero attached hydrogens (tertiary/aromatic N) is 3. The van der Waals surface area contributed by atoms with Crippen molar-refractivity contribution >= 4 is 27.9 Å². The molecule has 0 atom stereocenters. The lowest BCUT2D eigenvalue weighted by atomic mass is 10.1. The highest BCUT2D eigenvalue weighted by molar-refractivity contribution is 7.89. The minimum atomic E-state index is -3.71. The van der Waals surface area contributed by atoms with Gasteiger partial charge in [-0.15, -0.1) is 0 Å². The summed E-state index contributed by atoms with van der Waals surface area (Å²) in [5.41, 5.74) is 12.2. The van der Waals surface area contributed by atoms with E-state index in [1.165, 1.54) is 13.1 Å². The van der Waals surface area contributed by atoms with Gasteiger partial charge in [0.15, 0.2) is 12.4 Å². The highest BCUT2D eigenvalue weighted by Gasteiger charge is 2.20. The predicted molar refractivity (Wildman–Crippen MR) is 89.9 cm³/mol. The second-order valence-corrected chi connectivity index (χ2v) is 7.02. The van der Waals surface area contributed by atoms with E-state index in [9.17, 15) is 13.2 Å². The summed E-state index contributed by atoms with van der Waals surface area (Å²) in [6.07, 6.45) is 0. The molecular formula is C14H18N6O4S. The van der Waals surface area contributed by atoms with Gasteiger partial charge in [0, 0.05) is 0 Å². The van der Waals surface area contributed by atoms with Crippen LogP contribution in [0.25, 0.3) is 0 Å². The molecule has 0 aliphatic carbocycles. The third-order valence-corrected chi connectivity index (χ3v) is 5.00. The first-order valence-corrected chi connectivity index (χ1v) is 8.60. The number of aryl methyl sites for hydroxylation is 1. The highest BCUT2D eigenvalue weighted by atomic mass is 32.2. The van der Waals surface area contributed by atoms with Gasteiger partial charge in [0.25, 0.3) is 0 Å². The van der Waals surface area contributed by atoms with Crippen molar-refractivity contribution in [1.82, 2.24) is 19.7 Å². The molecule has 0 aliphatic heterocycles. The fraction of sp³-hybridized carbons (Fsp3) is 0.286. The van der Waals surface area contributed by atoms with Crippen LogP contribution in [-0.4, -0.2) is 36.4 Å². The molecule has 10 nitrogen and oxygen atoms in total. The molecule has 25 heavy (non-hydrogen) atoms. The fourth-order valence-electron chi connectivity index (χ4n) is 2.07. The molecule has 1 heterocycles. The van der Waals surface area contributed by atoms with Crippen molar-refractivity contribution < 1.29 is 17.9 Å². The van der Waals surface area contributed by atoms with Crippen LogP contribution in [0.1, 0.15) is 27.3 Å². The second-order valence-electron chi connectivity index (χ2n) is 5.17. The lowest BCUT2D eigenvalue weighted by Gasteiger charge is -2.12. The SMILES string of the molecule is CNS(=O)(=O)c1cc(C(=O)OCc2nc(N)nc(N)n2)cc(C)c1C. The molecule has 2 rings (SSSR count). The molecule has 11 heteroatoms. The van der Waals surface area contributed by atoms with Crippen molar-refractivity contribution in [1.29, 1.82) is 0 Å². The zero-order valence-corrected chi connectivity index (χ0v) is 14.7. The van der Waals surface area contributed by atoms with Gasteiger partial charge in [0.2, 0.25) is 21.9 Å². The number of nitrogens with one attached hydrogen (secondary N) is 1. The molecule has 1 aromatic heterocycles. The summed E-state index contributed by atoms with van der Waals surface area (Å²) in [5.74, 6) is -0.822. The zero-order chi connectivity index (χ0) is 18.8. The van der Waals surface area contributed by atoms with Crippen LogP contribution in [-0.2, 0) is 21.4 Å². The summed E-state index contributed by atoms with van der Waals surface area (Å²) in [6.45, 7) is 3.08. The quantitative estimate of drug-likeness (QED) is 0.614. The van der Waals surface area contributed by atoms with Crippen LogP contribution in [0.2, 0.25) is 0 Å². The number of benzene rings is 1. The van der Waals surface area contributed by atoms with Crippen LogP contribution in [0.4, 0.5) is 11.9 Å². The predicted octanol–water partition coefficient (Wildman–Crippen LogP) is -0.0821. The van der Waals surface area contributed by atoms with E-state index >= 15 is 0 Å². The van der Waals surface area contributed by atoms with Gasteiger partial charge < -0.3 is 16.2 Å². The second kappa shape index (κ2) is 6.99. The summed E-state index contributed by atoms with van der Waals surface area (Å²) >= 11 is 0. The Morgan fingerprint density at radius 2 is 1.76 bits per heavy atom. The molecule has 0 bridgehead atoms. The molecule has 0 aliphatic rings. The lowest BCUT2D eigenvalue weighted by molar-refractivity contribution is 0.0461. The van der Waals surface area contributed by atoms with E-state index in [1.54, 1.807) is 19.9 Å². The van der Waals surface area contributed by atoms with E-state index in [0.29, 0.717) is 11.1 Å². The largest absolute Gasteiger partial charge is 0.454 e. The molecule has 5 N–H and O–H groups in total. The standard InChI is InChI=1S/C14H18N6O4S/c1-7-4-9(5-10(8(7)2)25(22,23)17-3)12(21)24-6-11-18-13(15)20-14(16)19-11/h4-5,17H,6H2,1-3H3,(H4,15,16,18,19,20). The number of rotatable bonds is 5. The van der Waals surface area contributed by atoms with Crippen molar-refractivity contribution in [3.05, 3.63) is 34.6 Å². The minimum absolute atomic E-state index is 0.00981. The summed E-state index contributed by atoms with van der Waals surface area (Å²) in [5, 5.41) is 0. The normalized spacial score (nSPS) is 11.3. The summed E-state index contributed by atoms with van der Waals surface area (Å²) in [7, 11) is -2.41. The first-order valence-electron chi connectivity index (χ1n) is 7.12. The van der Waals surface area contributed by atoms with E-state index in [-0.39, 0.29) is 34.8 Å². The van der Waals surface area contributed by atoms with Gasteiger partial charge in [-0.2, -0.15) is 15.0 Å². The number of nitrogen functional groups attached to an aromatic ring is 2. The van der Waals surface area contributed by atoms with Gasteiger partial charge in [-0.05, 0) is 44.2 Å². The molecule has 1 aromatic carbocycles. The monoisotopic (exact) mass is 366 g/mol. The Labute approximate surface area is 144 Å². The van der Waals surface area contributed by atoms with E-state index in [4.69, 9.17) is 16.2 Å². The van der Waals surface area contributed by atoms with Crippen LogP contribution >= 0.6 is 0 Å². The van der Waals surface area contributed by atoms with Crippen molar-refractivity contribution in [3.8, 4) is 0 Å². The first-order chi connectivity index (χ1) is 11.6. The Morgan fingerprint density at radius 3 is 2.32 bits per heavy atom. The Bertz CT molecular complexity index is 909. The number of ether oxygens (including phenoxy) is 1. The maximum Gasteiger partial charge on any atom is 0.338 e. The van der Waals surface area contributed by atoms with E-state index in [0.717, 1.165) is 0 Å². The van der Waals surface area contributed by atoms with Gasteiger partial charge in [0.05, 0.1) is 10.5 Å². The van der Waals surface area contributed by atoms with Crippen molar-refractivity contribution in [2.24, 2.45) is 0 Å². The number of carbonyl (C=O) groups is 1. The fourth-order valence-corrected chi connectivity index (χ4v) is 3.13. The molecule has 0 amide bonds. The number of hydrogen-bond acceptors (Lipinski definition) is 9. The number of carbonyl (C=O) groups excluding carboxylic acids is 1. The number of esters is 1. The van der Waals surface area contributed by atoms with Crippen LogP contribution in [0.3, 0.4) is 0 Å². The van der Waals surface area contributed by atoms with Gasteiger partial charge in [-0.1, -0.05) is 0 Å². The summed E-state index contributed by atoms with van der Waals surface area (Å²) < 4.78 is 31.5. The van der Waals surface area contributed by atoms with Crippen molar-refractivity contribution in [3.63, 3.8) is 0 Å². The summed E-state index contributed by atoms with van der Waals surface area (Å²) in [6, 6.07) is 2.80. The lowest BCUT2D eigenvalue weighted by Crippen LogP contribution is -2.21. The average molecular weight is 366 g/mol. The van der Waals surface area contributed by atoms with Crippen LogP contribution in [0.15, 0.2) is 17.0 Å². The molecule has 0 saturated heterocycles. The maximum atomic E-state index is 12.2. The molecule has 2 aromatic rings. The van der Waals surface area contributed by atoms with Gasteiger partial charge in [-0.3, -0.25) is 0 Å². The number of sulfonamides is 1. The number of hydrogen-bond donors (Lipinski definition) is 3. The number of aromatic nitrogens is 3. The Hall–Kier alpha value is -2.79. The third kappa shape index (κ3) is 4.19. The zero-order valence-electron chi connectivity index (χ0n) is 13.9. The third-order valence-electron chi connectivity index (χ3n) is 3.46. The van der Waals surface area contributed by atoms with Crippen LogP contribution in [0, 0.1) is 13.8 Å². The Morgan fingerprint density at radius 1 is 1.16 bits per heavy atom. The van der Waals surface area contributed by atoms with Crippen LogP contribution < -0.4 is 16.2 Å². The molecule has 0 spiro atoms. The topological polar surface area (TPSA) is 163 Å². The summed E-state index contributed by atoms with van der Waals surface area (Å²) in [4.78, 5) is 23.5. The van der Waals surface area contributed by atoms with Gasteiger partial charge >= 0.3 is 5.97 Å². The number of anilines is 2. The minimum Gasteiger partial charge on any atom is -0.454 e. The van der Waals surface area contributed by atoms with E-state index in [2.05, 4.69) is 19.7 Å².